The molecule has 0 aliphatic carbocycles. The summed E-state index contributed by atoms with van der Waals surface area (Å²) in [4.78, 5) is 2.50. The van der Waals surface area contributed by atoms with Gasteiger partial charge in [-0.1, -0.05) is 23.7 Å². The molecule has 1 aromatic heterocycles. The molecule has 0 N–H and O–H groups in total. The summed E-state index contributed by atoms with van der Waals surface area (Å²) in [7, 11) is 0. The summed E-state index contributed by atoms with van der Waals surface area (Å²) in [5, 5.41) is 0.820. The van der Waals surface area contributed by atoms with E-state index in [2.05, 4.69) is 46.9 Å². The second-order valence-electron chi connectivity index (χ2n) is 4.90. The first-order valence-corrected chi connectivity index (χ1v) is 6.75. The maximum atomic E-state index is 6.04. The lowest BCUT2D eigenvalue weighted by atomic mass is 10.1. The number of halogens is 1. The molecular formula is C15H17ClN2. The maximum Gasteiger partial charge on any atom is 0.0476 e. The van der Waals surface area contributed by atoms with Crippen LogP contribution in [0.4, 0.5) is 0 Å². The van der Waals surface area contributed by atoms with Crippen molar-refractivity contribution in [2.45, 2.75) is 26.1 Å². The summed E-state index contributed by atoms with van der Waals surface area (Å²) in [6.45, 7) is 5.41. The van der Waals surface area contributed by atoms with Gasteiger partial charge in [0.2, 0.25) is 0 Å². The summed E-state index contributed by atoms with van der Waals surface area (Å²) >= 11 is 6.04. The van der Waals surface area contributed by atoms with Crippen LogP contribution in [-0.2, 0) is 13.1 Å². The van der Waals surface area contributed by atoms with Crippen LogP contribution < -0.4 is 0 Å². The van der Waals surface area contributed by atoms with Gasteiger partial charge in [0.15, 0.2) is 0 Å². The monoisotopic (exact) mass is 260 g/mol. The molecule has 3 rings (SSSR count). The van der Waals surface area contributed by atoms with E-state index >= 15 is 0 Å². The molecule has 2 aromatic rings. The highest BCUT2D eigenvalue weighted by atomic mass is 35.5. The highest BCUT2D eigenvalue weighted by Gasteiger charge is 2.23. The predicted molar refractivity (Wildman–Crippen MR) is 74.7 cm³/mol. The number of rotatable bonds is 2. The number of benzene rings is 1. The van der Waals surface area contributed by atoms with Gasteiger partial charge in [-0.2, -0.15) is 0 Å². The lowest BCUT2D eigenvalue weighted by molar-refractivity contribution is 0.161. The second-order valence-corrected chi connectivity index (χ2v) is 5.34. The van der Waals surface area contributed by atoms with E-state index in [9.17, 15) is 0 Å². The quantitative estimate of drug-likeness (QED) is 0.799. The van der Waals surface area contributed by atoms with Gasteiger partial charge in [0.25, 0.3) is 0 Å². The largest absolute Gasteiger partial charge is 0.349 e. The summed E-state index contributed by atoms with van der Waals surface area (Å²) in [5.41, 5.74) is 2.69. The van der Waals surface area contributed by atoms with E-state index in [0.717, 1.165) is 24.7 Å². The minimum atomic E-state index is 0.465. The smallest absolute Gasteiger partial charge is 0.0476 e. The minimum absolute atomic E-state index is 0.465. The number of nitrogens with zero attached hydrogens (tertiary/aromatic N) is 2. The van der Waals surface area contributed by atoms with Crippen LogP contribution >= 0.6 is 11.6 Å². The van der Waals surface area contributed by atoms with Gasteiger partial charge in [-0.25, -0.2) is 0 Å². The van der Waals surface area contributed by atoms with Crippen molar-refractivity contribution in [2.24, 2.45) is 0 Å². The fraction of sp³-hybridized carbons (Fsp3) is 0.333. The first kappa shape index (κ1) is 11.8. The number of hydrogen-bond acceptors (Lipinski definition) is 1. The fourth-order valence-corrected chi connectivity index (χ4v) is 2.93. The zero-order valence-corrected chi connectivity index (χ0v) is 11.3. The topological polar surface area (TPSA) is 8.17 Å². The molecule has 0 amide bonds. The zero-order valence-electron chi connectivity index (χ0n) is 10.5. The molecule has 0 spiro atoms. The van der Waals surface area contributed by atoms with Crippen molar-refractivity contribution in [1.82, 2.24) is 9.47 Å². The van der Waals surface area contributed by atoms with Crippen LogP contribution in [0, 0.1) is 0 Å². The average Bonchev–Trinajstić information content (AvgIpc) is 2.82. The van der Waals surface area contributed by atoms with Gasteiger partial charge in [0, 0.05) is 42.6 Å². The summed E-state index contributed by atoms with van der Waals surface area (Å²) in [6, 6.07) is 13.0. The molecule has 0 radical (unpaired) electrons. The van der Waals surface area contributed by atoms with Crippen molar-refractivity contribution < 1.29 is 0 Å². The summed E-state index contributed by atoms with van der Waals surface area (Å²) < 4.78 is 2.35. The Balaban J connectivity index is 1.79. The zero-order chi connectivity index (χ0) is 12.5. The van der Waals surface area contributed by atoms with Crippen LogP contribution in [0.15, 0.2) is 42.6 Å². The van der Waals surface area contributed by atoms with Gasteiger partial charge in [0.05, 0.1) is 0 Å². The second kappa shape index (κ2) is 4.79. The summed E-state index contributed by atoms with van der Waals surface area (Å²) in [5.74, 6) is 0. The van der Waals surface area contributed by atoms with Crippen LogP contribution in [0.1, 0.15) is 24.2 Å². The molecular weight excluding hydrogens is 244 g/mol. The van der Waals surface area contributed by atoms with Crippen molar-refractivity contribution in [3.8, 4) is 0 Å². The van der Waals surface area contributed by atoms with Gasteiger partial charge in [-0.05, 0) is 36.8 Å². The molecule has 0 saturated carbocycles. The van der Waals surface area contributed by atoms with Crippen molar-refractivity contribution in [2.75, 3.05) is 6.54 Å². The van der Waals surface area contributed by atoms with E-state index in [1.54, 1.807) is 0 Å². The van der Waals surface area contributed by atoms with Crippen molar-refractivity contribution in [3.63, 3.8) is 0 Å². The highest BCUT2D eigenvalue weighted by Crippen LogP contribution is 2.27. The molecule has 0 saturated heterocycles. The van der Waals surface area contributed by atoms with Crippen LogP contribution in [-0.4, -0.2) is 16.0 Å². The Morgan fingerprint density at radius 2 is 2.11 bits per heavy atom. The van der Waals surface area contributed by atoms with Crippen LogP contribution in [0.25, 0.3) is 0 Å². The maximum absolute atomic E-state index is 6.04. The van der Waals surface area contributed by atoms with E-state index in [1.165, 1.54) is 11.3 Å². The lowest BCUT2D eigenvalue weighted by Crippen LogP contribution is -2.35. The van der Waals surface area contributed by atoms with E-state index in [-0.39, 0.29) is 0 Å². The third kappa shape index (κ3) is 2.18. The molecule has 0 unspecified atom stereocenters. The van der Waals surface area contributed by atoms with Crippen LogP contribution in [0.3, 0.4) is 0 Å². The number of hydrogen-bond donors (Lipinski definition) is 0. The summed E-state index contributed by atoms with van der Waals surface area (Å²) in [6.07, 6.45) is 2.17. The molecule has 1 aliphatic heterocycles. The van der Waals surface area contributed by atoms with Gasteiger partial charge in [-0.3, -0.25) is 4.90 Å². The van der Waals surface area contributed by atoms with Gasteiger partial charge < -0.3 is 4.57 Å². The molecule has 94 valence electrons. The highest BCUT2D eigenvalue weighted by molar-refractivity contribution is 6.30. The molecule has 2 heterocycles. The Morgan fingerprint density at radius 3 is 2.94 bits per heavy atom. The Hall–Kier alpha value is -1.25. The molecule has 1 aromatic carbocycles. The Labute approximate surface area is 113 Å². The van der Waals surface area contributed by atoms with Gasteiger partial charge >= 0.3 is 0 Å². The normalized spacial score (nSPS) is 19.8. The third-order valence-corrected chi connectivity index (χ3v) is 3.98. The van der Waals surface area contributed by atoms with E-state index in [0.29, 0.717) is 6.04 Å². The van der Waals surface area contributed by atoms with Crippen molar-refractivity contribution >= 4 is 11.6 Å². The van der Waals surface area contributed by atoms with E-state index < -0.39 is 0 Å². The fourth-order valence-electron chi connectivity index (χ4n) is 2.71. The number of fused-ring (bicyclic) bond motifs is 1. The van der Waals surface area contributed by atoms with Gasteiger partial charge in [0.1, 0.15) is 0 Å². The molecule has 2 nitrogen and oxygen atoms in total. The molecule has 18 heavy (non-hydrogen) atoms. The average molecular weight is 261 g/mol. The van der Waals surface area contributed by atoms with Crippen LogP contribution in [0.5, 0.6) is 0 Å². The van der Waals surface area contributed by atoms with E-state index in [1.807, 2.05) is 12.1 Å². The first-order valence-electron chi connectivity index (χ1n) is 6.37. The molecule has 1 aliphatic rings. The lowest BCUT2D eigenvalue weighted by Gasteiger charge is -2.34. The minimum Gasteiger partial charge on any atom is -0.349 e. The predicted octanol–water partition coefficient (Wildman–Crippen LogP) is 3.72. The Morgan fingerprint density at radius 1 is 1.22 bits per heavy atom. The molecule has 0 bridgehead atoms. The molecule has 1 atom stereocenters. The van der Waals surface area contributed by atoms with Crippen LogP contribution in [0.2, 0.25) is 5.02 Å². The Bertz CT molecular complexity index is 547. The number of aromatic nitrogens is 1. The Kier molecular flexibility index (Phi) is 3.14. The first-order chi connectivity index (χ1) is 8.74. The van der Waals surface area contributed by atoms with Gasteiger partial charge in [-0.15, -0.1) is 0 Å². The molecule has 3 heteroatoms. The SMILES string of the molecule is C[C@H]1c2cccn2CCN1Cc1cccc(Cl)c1. The van der Waals surface area contributed by atoms with E-state index in [4.69, 9.17) is 11.6 Å². The molecule has 0 fully saturated rings. The third-order valence-electron chi connectivity index (χ3n) is 3.74. The van der Waals surface area contributed by atoms with Crippen molar-refractivity contribution in [3.05, 3.63) is 58.9 Å². The van der Waals surface area contributed by atoms with Crippen molar-refractivity contribution in [1.29, 1.82) is 0 Å². The standard InChI is InChI=1S/C15H17ClN2/c1-12-15-6-3-7-17(15)8-9-18(12)11-13-4-2-5-14(16)10-13/h2-7,10,12H,8-9,11H2,1H3/t12-/m0/s1.